The second kappa shape index (κ2) is 7.69. The van der Waals surface area contributed by atoms with Crippen LogP contribution in [0.2, 0.25) is 0 Å². The molecule has 0 aromatic heterocycles. The third-order valence-electron chi connectivity index (χ3n) is 4.39. The van der Waals surface area contributed by atoms with Crippen LogP contribution in [0.3, 0.4) is 0 Å². The number of piperidine rings is 1. The molecule has 5 nitrogen and oxygen atoms in total. The van der Waals surface area contributed by atoms with Crippen LogP contribution >= 0.6 is 0 Å². The van der Waals surface area contributed by atoms with Gasteiger partial charge in [-0.15, -0.1) is 0 Å². The minimum Gasteiger partial charge on any atom is -0.323 e. The molecule has 0 aliphatic carbocycles. The lowest BCUT2D eigenvalue weighted by Gasteiger charge is -2.31. The van der Waals surface area contributed by atoms with Crippen molar-refractivity contribution >= 4 is 21.6 Å². The molecule has 1 aliphatic rings. The Morgan fingerprint density at radius 3 is 2.41 bits per heavy atom. The van der Waals surface area contributed by atoms with E-state index in [0.29, 0.717) is 12.8 Å². The fourth-order valence-electron chi connectivity index (χ4n) is 2.96. The molecule has 1 fully saturated rings. The highest BCUT2D eigenvalue weighted by Crippen LogP contribution is 2.25. The highest BCUT2D eigenvalue weighted by molar-refractivity contribution is 7.89. The summed E-state index contributed by atoms with van der Waals surface area (Å²) in [7, 11) is -3.88. The van der Waals surface area contributed by atoms with Gasteiger partial charge in [0.2, 0.25) is 15.9 Å². The molecule has 27 heavy (non-hydrogen) atoms. The van der Waals surface area contributed by atoms with E-state index >= 15 is 0 Å². The number of hydrogen-bond acceptors (Lipinski definition) is 3. The van der Waals surface area contributed by atoms with Crippen molar-refractivity contribution in [1.29, 1.82) is 0 Å². The summed E-state index contributed by atoms with van der Waals surface area (Å²) in [6.45, 7) is 0.125. The molecule has 0 bridgehead atoms. The first kappa shape index (κ1) is 19.4. The van der Waals surface area contributed by atoms with Gasteiger partial charge in [0.05, 0.1) is 16.5 Å². The Hall–Kier alpha value is -2.39. The lowest BCUT2D eigenvalue weighted by Crippen LogP contribution is -2.43. The summed E-state index contributed by atoms with van der Waals surface area (Å²) in [5.74, 6) is -3.33. The van der Waals surface area contributed by atoms with Crippen LogP contribution in [0.5, 0.6) is 0 Å². The predicted octanol–water partition coefficient (Wildman–Crippen LogP) is 3.14. The highest BCUT2D eigenvalue weighted by Gasteiger charge is 2.33. The molecule has 0 saturated carbocycles. The normalized spacial score (nSPS) is 18.3. The van der Waals surface area contributed by atoms with Gasteiger partial charge in [-0.1, -0.05) is 0 Å². The van der Waals surface area contributed by atoms with Crippen molar-refractivity contribution in [2.24, 2.45) is 5.92 Å². The first-order chi connectivity index (χ1) is 12.8. The third-order valence-corrected chi connectivity index (χ3v) is 6.27. The Kier molecular flexibility index (Phi) is 5.52. The number of sulfonamides is 1. The monoisotopic (exact) mass is 398 g/mol. The molecule has 1 heterocycles. The van der Waals surface area contributed by atoms with Crippen LogP contribution in [0.15, 0.2) is 47.4 Å². The van der Waals surface area contributed by atoms with Crippen molar-refractivity contribution in [3.05, 3.63) is 59.9 Å². The summed E-state index contributed by atoms with van der Waals surface area (Å²) >= 11 is 0. The van der Waals surface area contributed by atoms with Crippen molar-refractivity contribution in [3.63, 3.8) is 0 Å². The Labute approximate surface area is 154 Å². The van der Waals surface area contributed by atoms with Gasteiger partial charge in [-0.05, 0) is 49.2 Å². The molecule has 9 heteroatoms. The van der Waals surface area contributed by atoms with Gasteiger partial charge in [0, 0.05) is 19.2 Å². The largest absolute Gasteiger partial charge is 0.323 e. The van der Waals surface area contributed by atoms with E-state index in [9.17, 15) is 26.4 Å². The minimum absolute atomic E-state index is 0.0684. The van der Waals surface area contributed by atoms with E-state index in [2.05, 4.69) is 5.32 Å². The van der Waals surface area contributed by atoms with Crippen LogP contribution in [0.1, 0.15) is 12.8 Å². The lowest BCUT2D eigenvalue weighted by molar-refractivity contribution is -0.120. The zero-order valence-electron chi connectivity index (χ0n) is 14.2. The predicted molar refractivity (Wildman–Crippen MR) is 92.9 cm³/mol. The van der Waals surface area contributed by atoms with E-state index in [1.807, 2.05) is 0 Å². The van der Waals surface area contributed by atoms with Gasteiger partial charge in [0.25, 0.3) is 0 Å². The van der Waals surface area contributed by atoms with Gasteiger partial charge in [-0.3, -0.25) is 4.79 Å². The number of amides is 1. The van der Waals surface area contributed by atoms with Crippen LogP contribution in [-0.2, 0) is 14.8 Å². The molecule has 1 aliphatic heterocycles. The molecule has 1 amide bonds. The van der Waals surface area contributed by atoms with E-state index in [-0.39, 0.29) is 23.7 Å². The summed E-state index contributed by atoms with van der Waals surface area (Å²) in [5, 5.41) is 2.31. The maximum atomic E-state index is 13.7. The summed E-state index contributed by atoms with van der Waals surface area (Å²) in [6, 6.07) is 7.12. The SMILES string of the molecule is O=C(Nc1cc(F)ccc1F)[C@@H]1CCCN(S(=O)(=O)c2ccc(F)cc2)C1. The van der Waals surface area contributed by atoms with Crippen LogP contribution in [0.25, 0.3) is 0 Å². The number of halogens is 3. The third kappa shape index (κ3) is 4.30. The summed E-state index contributed by atoms with van der Waals surface area (Å²) in [5.41, 5.74) is -0.293. The zero-order valence-corrected chi connectivity index (χ0v) is 15.0. The van der Waals surface area contributed by atoms with Crippen molar-refractivity contribution in [2.75, 3.05) is 18.4 Å². The second-order valence-corrected chi connectivity index (χ2v) is 8.21. The number of carbonyl (C=O) groups is 1. The minimum atomic E-state index is -3.88. The maximum Gasteiger partial charge on any atom is 0.243 e. The molecule has 3 rings (SSSR count). The number of carbonyl (C=O) groups excluding carboxylic acids is 1. The van der Waals surface area contributed by atoms with E-state index in [1.54, 1.807) is 0 Å². The topological polar surface area (TPSA) is 66.5 Å². The number of benzene rings is 2. The van der Waals surface area contributed by atoms with Gasteiger partial charge in [-0.25, -0.2) is 21.6 Å². The first-order valence-corrected chi connectivity index (χ1v) is 9.73. The van der Waals surface area contributed by atoms with E-state index in [4.69, 9.17) is 0 Å². The first-order valence-electron chi connectivity index (χ1n) is 8.29. The van der Waals surface area contributed by atoms with Crippen LogP contribution in [-0.4, -0.2) is 31.7 Å². The Morgan fingerprint density at radius 1 is 1.04 bits per heavy atom. The molecule has 1 atom stereocenters. The van der Waals surface area contributed by atoms with Crippen molar-refractivity contribution < 1.29 is 26.4 Å². The molecule has 1 saturated heterocycles. The van der Waals surface area contributed by atoms with Gasteiger partial charge < -0.3 is 5.32 Å². The number of nitrogens with one attached hydrogen (secondary N) is 1. The smallest absolute Gasteiger partial charge is 0.243 e. The molecule has 2 aromatic rings. The highest BCUT2D eigenvalue weighted by atomic mass is 32.2. The van der Waals surface area contributed by atoms with E-state index < -0.39 is 39.3 Å². The molecule has 144 valence electrons. The van der Waals surface area contributed by atoms with E-state index in [0.717, 1.165) is 46.8 Å². The van der Waals surface area contributed by atoms with Gasteiger partial charge in [0.15, 0.2) is 0 Å². The van der Waals surface area contributed by atoms with Crippen molar-refractivity contribution in [1.82, 2.24) is 4.31 Å². The van der Waals surface area contributed by atoms with Crippen LogP contribution < -0.4 is 5.32 Å². The maximum absolute atomic E-state index is 13.7. The number of hydrogen-bond donors (Lipinski definition) is 1. The Bertz CT molecular complexity index is 949. The number of nitrogens with zero attached hydrogens (tertiary/aromatic N) is 1. The quantitative estimate of drug-likeness (QED) is 0.861. The standard InChI is InChI=1S/C18H17F3N2O3S/c19-13-3-6-15(7-4-13)27(25,26)23-9-1-2-12(11-23)18(24)22-17-10-14(20)5-8-16(17)21/h3-8,10,12H,1-2,9,11H2,(H,22,24)/t12-/m1/s1. The average molecular weight is 398 g/mol. The molecule has 0 radical (unpaired) electrons. The summed E-state index contributed by atoms with van der Waals surface area (Å²) in [4.78, 5) is 12.3. The summed E-state index contributed by atoms with van der Waals surface area (Å²) < 4.78 is 66.5. The van der Waals surface area contributed by atoms with Gasteiger partial charge in [-0.2, -0.15) is 4.31 Å². The molecule has 1 N–H and O–H groups in total. The fourth-order valence-corrected chi connectivity index (χ4v) is 4.48. The second-order valence-electron chi connectivity index (χ2n) is 6.27. The zero-order chi connectivity index (χ0) is 19.6. The molecule has 0 spiro atoms. The van der Waals surface area contributed by atoms with Crippen molar-refractivity contribution in [3.8, 4) is 0 Å². The molecular formula is C18H17F3N2O3S. The molecular weight excluding hydrogens is 381 g/mol. The molecule has 0 unspecified atom stereocenters. The lowest BCUT2D eigenvalue weighted by atomic mass is 9.98. The van der Waals surface area contributed by atoms with Gasteiger partial charge >= 0.3 is 0 Å². The molecule has 2 aromatic carbocycles. The Morgan fingerprint density at radius 2 is 1.70 bits per heavy atom. The van der Waals surface area contributed by atoms with E-state index in [1.165, 1.54) is 0 Å². The van der Waals surface area contributed by atoms with Crippen LogP contribution in [0.4, 0.5) is 18.9 Å². The fraction of sp³-hybridized carbons (Fsp3) is 0.278. The van der Waals surface area contributed by atoms with Crippen molar-refractivity contribution in [2.45, 2.75) is 17.7 Å². The van der Waals surface area contributed by atoms with Crippen LogP contribution in [0, 0.1) is 23.4 Å². The summed E-state index contributed by atoms with van der Waals surface area (Å²) in [6.07, 6.45) is 0.850. The number of anilines is 1. The average Bonchev–Trinajstić information content (AvgIpc) is 2.65. The Balaban J connectivity index is 1.74. The number of rotatable bonds is 4. The van der Waals surface area contributed by atoms with Gasteiger partial charge in [0.1, 0.15) is 17.5 Å².